The summed E-state index contributed by atoms with van der Waals surface area (Å²) in [5.74, 6) is 0.122. The van der Waals surface area contributed by atoms with Crippen molar-refractivity contribution in [2.45, 2.75) is 32.2 Å². The van der Waals surface area contributed by atoms with E-state index in [1.54, 1.807) is 0 Å². The second kappa shape index (κ2) is 7.49. The molecule has 2 nitrogen and oxygen atoms in total. The maximum Gasteiger partial charge on any atom is 0.220 e. The third kappa shape index (κ3) is 4.23. The summed E-state index contributed by atoms with van der Waals surface area (Å²) in [6.45, 7) is 2.02. The van der Waals surface area contributed by atoms with Crippen LogP contribution in [0.15, 0.2) is 60.7 Å². The van der Waals surface area contributed by atoms with Gasteiger partial charge < -0.3 is 5.32 Å². The van der Waals surface area contributed by atoms with Crippen molar-refractivity contribution < 1.29 is 4.79 Å². The van der Waals surface area contributed by atoms with Gasteiger partial charge in [-0.05, 0) is 24.0 Å². The average molecular weight is 267 g/mol. The number of rotatable bonds is 6. The van der Waals surface area contributed by atoms with Crippen LogP contribution < -0.4 is 5.32 Å². The van der Waals surface area contributed by atoms with Crippen LogP contribution in [0.3, 0.4) is 0 Å². The van der Waals surface area contributed by atoms with Gasteiger partial charge in [0.15, 0.2) is 0 Å². The van der Waals surface area contributed by atoms with Crippen molar-refractivity contribution in [1.82, 2.24) is 5.32 Å². The Morgan fingerprint density at radius 3 is 2.20 bits per heavy atom. The first kappa shape index (κ1) is 14.3. The molecule has 0 spiro atoms. The lowest BCUT2D eigenvalue weighted by Gasteiger charge is -2.19. The first-order valence-electron chi connectivity index (χ1n) is 7.18. The Balaban J connectivity index is 2.14. The van der Waals surface area contributed by atoms with E-state index in [0.717, 1.165) is 18.4 Å². The van der Waals surface area contributed by atoms with E-state index in [2.05, 4.69) is 29.6 Å². The second-order valence-electron chi connectivity index (χ2n) is 4.97. The summed E-state index contributed by atoms with van der Waals surface area (Å²) in [5, 5.41) is 3.14. The number of benzene rings is 2. The molecule has 2 rings (SSSR count). The van der Waals surface area contributed by atoms with Gasteiger partial charge in [-0.15, -0.1) is 0 Å². The molecule has 1 atom stereocenters. The SMILES string of the molecule is CCCC(=O)NC(Cc1ccccc1)c1ccccc1. The van der Waals surface area contributed by atoms with E-state index in [1.165, 1.54) is 5.56 Å². The van der Waals surface area contributed by atoms with E-state index in [4.69, 9.17) is 0 Å². The van der Waals surface area contributed by atoms with Crippen LogP contribution in [0.5, 0.6) is 0 Å². The van der Waals surface area contributed by atoms with Crippen molar-refractivity contribution in [3.63, 3.8) is 0 Å². The summed E-state index contributed by atoms with van der Waals surface area (Å²) in [5.41, 5.74) is 2.39. The third-order valence-electron chi connectivity index (χ3n) is 3.30. The van der Waals surface area contributed by atoms with E-state index in [-0.39, 0.29) is 11.9 Å². The molecular weight excluding hydrogens is 246 g/mol. The second-order valence-corrected chi connectivity index (χ2v) is 4.97. The summed E-state index contributed by atoms with van der Waals surface area (Å²) in [6.07, 6.45) is 2.27. The molecule has 1 N–H and O–H groups in total. The Hall–Kier alpha value is -2.09. The number of carbonyl (C=O) groups is 1. The molecule has 2 heteroatoms. The van der Waals surface area contributed by atoms with Crippen LogP contribution in [0.25, 0.3) is 0 Å². The molecular formula is C18H21NO. The van der Waals surface area contributed by atoms with Crippen LogP contribution in [0.4, 0.5) is 0 Å². The maximum absolute atomic E-state index is 11.9. The van der Waals surface area contributed by atoms with Gasteiger partial charge in [0.25, 0.3) is 0 Å². The molecule has 0 bridgehead atoms. The quantitative estimate of drug-likeness (QED) is 0.845. The number of carbonyl (C=O) groups excluding carboxylic acids is 1. The predicted molar refractivity (Wildman–Crippen MR) is 82.4 cm³/mol. The van der Waals surface area contributed by atoms with Gasteiger partial charge in [-0.1, -0.05) is 67.6 Å². The summed E-state index contributed by atoms with van der Waals surface area (Å²) in [6, 6.07) is 20.5. The van der Waals surface area contributed by atoms with Crippen molar-refractivity contribution in [2.24, 2.45) is 0 Å². The zero-order chi connectivity index (χ0) is 14.2. The Bertz CT molecular complexity index is 522. The first-order chi connectivity index (χ1) is 9.79. The van der Waals surface area contributed by atoms with E-state index < -0.39 is 0 Å². The van der Waals surface area contributed by atoms with Crippen molar-refractivity contribution in [3.8, 4) is 0 Å². The third-order valence-corrected chi connectivity index (χ3v) is 3.30. The largest absolute Gasteiger partial charge is 0.349 e. The minimum atomic E-state index is 0.0395. The Labute approximate surface area is 120 Å². The molecule has 0 aliphatic rings. The molecule has 1 amide bonds. The van der Waals surface area contributed by atoms with Crippen LogP contribution in [0.1, 0.15) is 36.9 Å². The molecule has 0 heterocycles. The van der Waals surface area contributed by atoms with Crippen molar-refractivity contribution in [1.29, 1.82) is 0 Å². The van der Waals surface area contributed by atoms with Gasteiger partial charge in [-0.3, -0.25) is 4.79 Å². The fraction of sp³-hybridized carbons (Fsp3) is 0.278. The van der Waals surface area contributed by atoms with Crippen LogP contribution >= 0.6 is 0 Å². The standard InChI is InChI=1S/C18H21NO/c1-2-9-18(20)19-17(16-12-7-4-8-13-16)14-15-10-5-3-6-11-15/h3-8,10-13,17H,2,9,14H2,1H3,(H,19,20). The highest BCUT2D eigenvalue weighted by molar-refractivity contribution is 5.76. The Kier molecular flexibility index (Phi) is 5.36. The zero-order valence-electron chi connectivity index (χ0n) is 11.9. The van der Waals surface area contributed by atoms with E-state index in [0.29, 0.717) is 6.42 Å². The molecule has 104 valence electrons. The van der Waals surface area contributed by atoms with Gasteiger partial charge in [-0.25, -0.2) is 0 Å². The van der Waals surface area contributed by atoms with Gasteiger partial charge >= 0.3 is 0 Å². The fourth-order valence-electron chi connectivity index (χ4n) is 2.28. The maximum atomic E-state index is 11.9. The molecule has 0 aliphatic heterocycles. The lowest BCUT2D eigenvalue weighted by molar-refractivity contribution is -0.121. The van der Waals surface area contributed by atoms with Gasteiger partial charge in [-0.2, -0.15) is 0 Å². The van der Waals surface area contributed by atoms with E-state index >= 15 is 0 Å². The predicted octanol–water partition coefficient (Wildman–Crippen LogP) is 3.89. The Morgan fingerprint density at radius 1 is 1.00 bits per heavy atom. The molecule has 0 radical (unpaired) electrons. The number of hydrogen-bond acceptors (Lipinski definition) is 1. The Morgan fingerprint density at radius 2 is 1.60 bits per heavy atom. The molecule has 20 heavy (non-hydrogen) atoms. The lowest BCUT2D eigenvalue weighted by Crippen LogP contribution is -2.29. The summed E-state index contributed by atoms with van der Waals surface area (Å²) < 4.78 is 0. The van der Waals surface area contributed by atoms with Gasteiger partial charge in [0.05, 0.1) is 6.04 Å². The van der Waals surface area contributed by atoms with Crippen LogP contribution in [0, 0.1) is 0 Å². The molecule has 2 aromatic carbocycles. The normalized spacial score (nSPS) is 11.8. The van der Waals surface area contributed by atoms with Crippen molar-refractivity contribution in [2.75, 3.05) is 0 Å². The highest BCUT2D eigenvalue weighted by Crippen LogP contribution is 2.18. The van der Waals surface area contributed by atoms with Crippen molar-refractivity contribution in [3.05, 3.63) is 71.8 Å². The minimum Gasteiger partial charge on any atom is -0.349 e. The molecule has 0 saturated heterocycles. The highest BCUT2D eigenvalue weighted by Gasteiger charge is 2.14. The number of hydrogen-bond donors (Lipinski definition) is 1. The smallest absolute Gasteiger partial charge is 0.220 e. The molecule has 0 aliphatic carbocycles. The monoisotopic (exact) mass is 267 g/mol. The highest BCUT2D eigenvalue weighted by atomic mass is 16.1. The number of amides is 1. The minimum absolute atomic E-state index is 0.0395. The molecule has 1 unspecified atom stereocenters. The van der Waals surface area contributed by atoms with Gasteiger partial charge in [0, 0.05) is 6.42 Å². The van der Waals surface area contributed by atoms with Crippen molar-refractivity contribution >= 4 is 5.91 Å². The number of nitrogens with one attached hydrogen (secondary N) is 1. The van der Waals surface area contributed by atoms with Crippen LogP contribution in [-0.4, -0.2) is 5.91 Å². The zero-order valence-corrected chi connectivity index (χ0v) is 11.9. The summed E-state index contributed by atoms with van der Waals surface area (Å²) in [7, 11) is 0. The molecule has 0 fully saturated rings. The first-order valence-corrected chi connectivity index (χ1v) is 7.18. The van der Waals surface area contributed by atoms with E-state index in [9.17, 15) is 4.79 Å². The average Bonchev–Trinajstić information content (AvgIpc) is 2.49. The van der Waals surface area contributed by atoms with Gasteiger partial charge in [0.1, 0.15) is 0 Å². The summed E-state index contributed by atoms with van der Waals surface area (Å²) >= 11 is 0. The summed E-state index contributed by atoms with van der Waals surface area (Å²) in [4.78, 5) is 11.9. The topological polar surface area (TPSA) is 29.1 Å². The van der Waals surface area contributed by atoms with Gasteiger partial charge in [0.2, 0.25) is 5.91 Å². The molecule has 2 aromatic rings. The van der Waals surface area contributed by atoms with Crippen LogP contribution in [-0.2, 0) is 11.2 Å². The fourth-order valence-corrected chi connectivity index (χ4v) is 2.28. The molecule has 0 aromatic heterocycles. The molecule has 0 saturated carbocycles. The lowest BCUT2D eigenvalue weighted by atomic mass is 9.98. The van der Waals surface area contributed by atoms with Crippen LogP contribution in [0.2, 0.25) is 0 Å². The van der Waals surface area contributed by atoms with E-state index in [1.807, 2.05) is 43.3 Å².